The van der Waals surface area contributed by atoms with Crippen molar-refractivity contribution in [1.29, 1.82) is 0 Å². The molecule has 7 nitrogen and oxygen atoms in total. The Balaban J connectivity index is 1.72. The number of nitrogens with zero attached hydrogens (tertiary/aromatic N) is 1. The van der Waals surface area contributed by atoms with Gasteiger partial charge in [-0.1, -0.05) is 12.1 Å². The van der Waals surface area contributed by atoms with Crippen molar-refractivity contribution in [3.63, 3.8) is 0 Å². The highest BCUT2D eigenvalue weighted by molar-refractivity contribution is 5.74. The summed E-state index contributed by atoms with van der Waals surface area (Å²) in [4.78, 5) is 25.4. The number of benzene rings is 1. The minimum Gasteiger partial charge on any atom is -0.473 e. The molecule has 0 spiro atoms. The number of ether oxygens (including phenoxy) is 2. The van der Waals surface area contributed by atoms with Gasteiger partial charge in [-0.05, 0) is 57.2 Å². The summed E-state index contributed by atoms with van der Waals surface area (Å²) in [6.45, 7) is 9.47. The summed E-state index contributed by atoms with van der Waals surface area (Å²) >= 11 is 0. The Morgan fingerprint density at radius 3 is 2.46 bits per heavy atom. The Labute approximate surface area is 155 Å². The van der Waals surface area contributed by atoms with Crippen LogP contribution < -0.4 is 15.4 Å². The van der Waals surface area contributed by atoms with Crippen LogP contribution in [0.15, 0.2) is 12.1 Å². The highest BCUT2D eigenvalue weighted by Crippen LogP contribution is 2.25. The lowest BCUT2D eigenvalue weighted by molar-refractivity contribution is 0.0956. The van der Waals surface area contributed by atoms with Crippen LogP contribution in [0.3, 0.4) is 0 Å². The Morgan fingerprint density at radius 2 is 1.81 bits per heavy atom. The molecule has 0 atom stereocenters. The molecule has 144 valence electrons. The summed E-state index contributed by atoms with van der Waals surface area (Å²) in [7, 11) is 0. The molecule has 0 bridgehead atoms. The van der Waals surface area contributed by atoms with E-state index in [2.05, 4.69) is 16.7 Å². The average molecular weight is 363 g/mol. The molecule has 1 saturated heterocycles. The van der Waals surface area contributed by atoms with E-state index < -0.39 is 0 Å². The van der Waals surface area contributed by atoms with Gasteiger partial charge >= 0.3 is 12.1 Å². The van der Waals surface area contributed by atoms with Gasteiger partial charge in [0.05, 0.1) is 6.61 Å². The number of hydrogen-bond donors (Lipinski definition) is 2. The molecule has 3 amide bonds. The van der Waals surface area contributed by atoms with Gasteiger partial charge in [0, 0.05) is 19.1 Å². The first-order valence-corrected chi connectivity index (χ1v) is 9.08. The van der Waals surface area contributed by atoms with Gasteiger partial charge in [-0.15, -0.1) is 0 Å². The van der Waals surface area contributed by atoms with Crippen molar-refractivity contribution in [1.82, 2.24) is 15.5 Å². The smallest absolute Gasteiger partial charge is 0.409 e. The van der Waals surface area contributed by atoms with Gasteiger partial charge in [0.15, 0.2) is 6.73 Å². The quantitative estimate of drug-likeness (QED) is 0.789. The zero-order valence-electron chi connectivity index (χ0n) is 16.1. The van der Waals surface area contributed by atoms with E-state index in [4.69, 9.17) is 9.47 Å². The number of likely N-dealkylation sites (tertiary alicyclic amines) is 1. The van der Waals surface area contributed by atoms with Crippen molar-refractivity contribution in [2.75, 3.05) is 26.4 Å². The molecule has 1 heterocycles. The third kappa shape index (κ3) is 5.28. The van der Waals surface area contributed by atoms with Crippen LogP contribution in [0.1, 0.15) is 36.5 Å². The van der Waals surface area contributed by atoms with Gasteiger partial charge in [0.2, 0.25) is 0 Å². The van der Waals surface area contributed by atoms with Crippen LogP contribution in [0.4, 0.5) is 9.59 Å². The normalized spacial score (nSPS) is 14.7. The topological polar surface area (TPSA) is 79.9 Å². The van der Waals surface area contributed by atoms with E-state index in [1.165, 1.54) is 0 Å². The SMILES string of the molecule is CCOC(=O)N1CCC(NC(=O)NCOc2c(C)ccc(C)c2C)CC1. The van der Waals surface area contributed by atoms with Crippen LogP contribution >= 0.6 is 0 Å². The maximum Gasteiger partial charge on any atom is 0.409 e. The van der Waals surface area contributed by atoms with E-state index in [9.17, 15) is 9.59 Å². The first-order valence-electron chi connectivity index (χ1n) is 9.08. The molecule has 1 fully saturated rings. The second-order valence-corrected chi connectivity index (χ2v) is 6.55. The van der Waals surface area contributed by atoms with E-state index in [1.54, 1.807) is 11.8 Å². The number of amides is 3. The summed E-state index contributed by atoms with van der Waals surface area (Å²) in [5.74, 6) is 0.813. The average Bonchev–Trinajstić information content (AvgIpc) is 2.62. The number of urea groups is 1. The first kappa shape index (κ1) is 19.9. The minimum atomic E-state index is -0.285. The number of nitrogens with one attached hydrogen (secondary N) is 2. The van der Waals surface area contributed by atoms with E-state index >= 15 is 0 Å². The lowest BCUT2D eigenvalue weighted by Gasteiger charge is -2.31. The summed E-state index contributed by atoms with van der Waals surface area (Å²) in [6, 6.07) is 3.85. The molecular formula is C19H29N3O4. The van der Waals surface area contributed by atoms with Crippen molar-refractivity contribution in [3.8, 4) is 5.75 Å². The van der Waals surface area contributed by atoms with Gasteiger partial charge in [-0.2, -0.15) is 0 Å². The third-order valence-electron chi connectivity index (χ3n) is 4.68. The molecule has 1 aromatic carbocycles. The molecule has 0 aromatic heterocycles. The largest absolute Gasteiger partial charge is 0.473 e. The summed E-state index contributed by atoms with van der Waals surface area (Å²) in [6.07, 6.45) is 1.14. The molecule has 1 aromatic rings. The van der Waals surface area contributed by atoms with Crippen LogP contribution in [-0.4, -0.2) is 49.5 Å². The maximum atomic E-state index is 12.0. The molecule has 1 aliphatic rings. The van der Waals surface area contributed by atoms with Crippen molar-refractivity contribution in [2.45, 2.75) is 46.6 Å². The van der Waals surface area contributed by atoms with Gasteiger partial charge in [0.1, 0.15) is 5.75 Å². The van der Waals surface area contributed by atoms with E-state index in [0.29, 0.717) is 32.5 Å². The van der Waals surface area contributed by atoms with Crippen molar-refractivity contribution in [2.24, 2.45) is 0 Å². The molecular weight excluding hydrogens is 334 g/mol. The van der Waals surface area contributed by atoms with Gasteiger partial charge in [-0.25, -0.2) is 9.59 Å². The summed E-state index contributed by atoms with van der Waals surface area (Å²) < 4.78 is 10.7. The van der Waals surface area contributed by atoms with Gasteiger partial charge in [0.25, 0.3) is 0 Å². The summed E-state index contributed by atoms with van der Waals surface area (Å²) in [5, 5.41) is 5.66. The highest BCUT2D eigenvalue weighted by atomic mass is 16.6. The fourth-order valence-electron chi connectivity index (χ4n) is 2.98. The van der Waals surface area contributed by atoms with Gasteiger partial charge < -0.3 is 25.0 Å². The van der Waals surface area contributed by atoms with E-state index in [1.807, 2.05) is 26.8 Å². The lowest BCUT2D eigenvalue weighted by Crippen LogP contribution is -2.49. The Kier molecular flexibility index (Phi) is 7.12. The number of carbonyl (C=O) groups is 2. The van der Waals surface area contributed by atoms with Crippen molar-refractivity contribution in [3.05, 3.63) is 28.8 Å². The van der Waals surface area contributed by atoms with E-state index in [0.717, 1.165) is 22.4 Å². The Hall–Kier alpha value is -2.44. The maximum absolute atomic E-state index is 12.0. The third-order valence-corrected chi connectivity index (χ3v) is 4.68. The molecule has 26 heavy (non-hydrogen) atoms. The fraction of sp³-hybridized carbons (Fsp3) is 0.579. The number of aryl methyl sites for hydroxylation is 2. The van der Waals surface area contributed by atoms with Gasteiger partial charge in [-0.3, -0.25) is 0 Å². The minimum absolute atomic E-state index is 0.0446. The van der Waals surface area contributed by atoms with Crippen LogP contribution in [0.2, 0.25) is 0 Å². The molecule has 2 N–H and O–H groups in total. The highest BCUT2D eigenvalue weighted by Gasteiger charge is 2.24. The molecule has 2 rings (SSSR count). The Bertz CT molecular complexity index is 640. The van der Waals surface area contributed by atoms with Crippen LogP contribution in [-0.2, 0) is 4.74 Å². The molecule has 0 saturated carbocycles. The van der Waals surface area contributed by atoms with Crippen molar-refractivity contribution < 1.29 is 19.1 Å². The number of rotatable bonds is 5. The molecule has 0 unspecified atom stereocenters. The molecule has 0 aliphatic carbocycles. The van der Waals surface area contributed by atoms with Crippen LogP contribution in [0, 0.1) is 20.8 Å². The molecule has 1 aliphatic heterocycles. The first-order chi connectivity index (χ1) is 12.4. The fourth-order valence-corrected chi connectivity index (χ4v) is 2.98. The van der Waals surface area contributed by atoms with Crippen LogP contribution in [0.5, 0.6) is 5.75 Å². The predicted molar refractivity (Wildman–Crippen MR) is 99.4 cm³/mol. The zero-order valence-corrected chi connectivity index (χ0v) is 16.1. The number of carbonyl (C=O) groups excluding carboxylic acids is 2. The zero-order chi connectivity index (χ0) is 19.1. The molecule has 0 radical (unpaired) electrons. The van der Waals surface area contributed by atoms with E-state index in [-0.39, 0.29) is 24.9 Å². The number of hydrogen-bond acceptors (Lipinski definition) is 4. The standard InChI is InChI=1S/C19H29N3O4/c1-5-25-19(24)22-10-8-16(9-11-22)21-18(23)20-12-26-17-14(3)7-6-13(2)15(17)4/h6-7,16H,5,8-12H2,1-4H3,(H2,20,21,23). The predicted octanol–water partition coefficient (Wildman–Crippen LogP) is 2.87. The molecule has 7 heteroatoms. The Morgan fingerprint density at radius 1 is 1.15 bits per heavy atom. The summed E-state index contributed by atoms with van der Waals surface area (Å²) in [5.41, 5.74) is 3.28. The lowest BCUT2D eigenvalue weighted by atomic mass is 10.1. The van der Waals surface area contributed by atoms with Crippen LogP contribution in [0.25, 0.3) is 0 Å². The van der Waals surface area contributed by atoms with Crippen molar-refractivity contribution >= 4 is 12.1 Å². The monoisotopic (exact) mass is 363 g/mol. The second kappa shape index (κ2) is 9.31. The number of piperidine rings is 1. The second-order valence-electron chi connectivity index (χ2n) is 6.55.